The number of halogens is 3. The summed E-state index contributed by atoms with van der Waals surface area (Å²) < 4.78 is 14.6. The van der Waals surface area contributed by atoms with Crippen LogP contribution in [0.2, 0.25) is 0 Å². The van der Waals surface area contributed by atoms with Crippen molar-refractivity contribution in [3.05, 3.63) is 62.3 Å². The van der Waals surface area contributed by atoms with E-state index in [1.807, 2.05) is 13.0 Å². The molecule has 4 heteroatoms. The molecule has 0 saturated carbocycles. The second kappa shape index (κ2) is 5.85. The van der Waals surface area contributed by atoms with Gasteiger partial charge in [-0.3, -0.25) is 0 Å². The van der Waals surface area contributed by atoms with Gasteiger partial charge in [0, 0.05) is 16.7 Å². The molecule has 0 aliphatic heterocycles. The molecule has 0 spiro atoms. The van der Waals surface area contributed by atoms with Crippen LogP contribution in [-0.2, 0) is 6.54 Å². The molecule has 1 nitrogen and oxygen atoms in total. The number of nitrogens with one attached hydrogen (secondary N) is 1. The first-order valence-corrected chi connectivity index (χ1v) is 7.08. The fraction of sp³-hybridized carbons (Fsp3) is 0.143. The molecule has 0 aliphatic carbocycles. The summed E-state index contributed by atoms with van der Waals surface area (Å²) in [4.78, 5) is 0. The van der Waals surface area contributed by atoms with E-state index in [4.69, 9.17) is 0 Å². The summed E-state index contributed by atoms with van der Waals surface area (Å²) in [6.45, 7) is 2.71. The molecule has 0 aromatic heterocycles. The van der Waals surface area contributed by atoms with Crippen LogP contribution in [0.5, 0.6) is 0 Å². The summed E-state index contributed by atoms with van der Waals surface area (Å²) in [5, 5.41) is 3.32. The van der Waals surface area contributed by atoms with Crippen molar-refractivity contribution >= 4 is 37.5 Å². The Morgan fingerprint density at radius 1 is 1.11 bits per heavy atom. The van der Waals surface area contributed by atoms with Gasteiger partial charge in [-0.25, -0.2) is 4.39 Å². The minimum atomic E-state index is -0.239. The molecule has 0 fully saturated rings. The molecule has 0 radical (unpaired) electrons. The van der Waals surface area contributed by atoms with E-state index >= 15 is 0 Å². The second-order valence-electron chi connectivity index (χ2n) is 4.12. The van der Waals surface area contributed by atoms with E-state index in [9.17, 15) is 4.39 Å². The van der Waals surface area contributed by atoms with E-state index in [1.165, 1.54) is 11.6 Å². The predicted octanol–water partition coefficient (Wildman–Crippen LogP) is 5.27. The van der Waals surface area contributed by atoms with Crippen molar-refractivity contribution in [2.24, 2.45) is 0 Å². The Kier molecular flexibility index (Phi) is 4.40. The maximum atomic E-state index is 13.1. The normalized spacial score (nSPS) is 10.4. The van der Waals surface area contributed by atoms with E-state index < -0.39 is 0 Å². The van der Waals surface area contributed by atoms with Crippen LogP contribution in [-0.4, -0.2) is 0 Å². The van der Waals surface area contributed by atoms with Crippen LogP contribution >= 0.6 is 31.9 Å². The number of benzene rings is 2. The lowest BCUT2D eigenvalue weighted by molar-refractivity contribution is 0.620. The molecule has 0 amide bonds. The van der Waals surface area contributed by atoms with Gasteiger partial charge in [-0.15, -0.1) is 0 Å². The monoisotopic (exact) mass is 371 g/mol. The molecule has 0 bridgehead atoms. The highest BCUT2D eigenvalue weighted by atomic mass is 79.9. The third-order valence-corrected chi connectivity index (χ3v) is 3.59. The molecular formula is C14H12Br2FN. The van der Waals surface area contributed by atoms with Crippen molar-refractivity contribution in [1.82, 2.24) is 0 Å². The number of aryl methyl sites for hydroxylation is 1. The van der Waals surface area contributed by atoms with Crippen LogP contribution < -0.4 is 5.32 Å². The molecule has 0 aliphatic rings. The first-order chi connectivity index (χ1) is 8.54. The summed E-state index contributed by atoms with van der Waals surface area (Å²) in [5.41, 5.74) is 3.26. The minimum Gasteiger partial charge on any atom is -0.381 e. The average molecular weight is 373 g/mol. The Morgan fingerprint density at radius 2 is 1.89 bits per heavy atom. The lowest BCUT2D eigenvalue weighted by Crippen LogP contribution is -2.00. The maximum Gasteiger partial charge on any atom is 0.137 e. The second-order valence-corrected chi connectivity index (χ2v) is 5.89. The summed E-state index contributed by atoms with van der Waals surface area (Å²) >= 11 is 6.65. The van der Waals surface area contributed by atoms with Crippen LogP contribution in [0.3, 0.4) is 0 Å². The highest BCUT2D eigenvalue weighted by Gasteiger charge is 2.01. The zero-order valence-corrected chi connectivity index (χ0v) is 13.0. The SMILES string of the molecule is Cc1cc(Br)cc(NCc2ccc(F)c(Br)c2)c1. The Hall–Kier alpha value is -0.870. The summed E-state index contributed by atoms with van der Waals surface area (Å²) in [6, 6.07) is 11.2. The van der Waals surface area contributed by atoms with E-state index in [0.29, 0.717) is 11.0 Å². The molecule has 0 heterocycles. The van der Waals surface area contributed by atoms with Crippen molar-refractivity contribution in [1.29, 1.82) is 0 Å². The highest BCUT2D eigenvalue weighted by molar-refractivity contribution is 9.10. The van der Waals surface area contributed by atoms with Crippen LogP contribution in [0.4, 0.5) is 10.1 Å². The van der Waals surface area contributed by atoms with Crippen molar-refractivity contribution < 1.29 is 4.39 Å². The van der Waals surface area contributed by atoms with Gasteiger partial charge in [0.25, 0.3) is 0 Å². The largest absolute Gasteiger partial charge is 0.381 e. The molecular weight excluding hydrogens is 361 g/mol. The van der Waals surface area contributed by atoms with E-state index in [-0.39, 0.29) is 5.82 Å². The third kappa shape index (κ3) is 3.56. The Balaban J connectivity index is 2.08. The zero-order chi connectivity index (χ0) is 13.1. The van der Waals surface area contributed by atoms with E-state index in [1.54, 1.807) is 12.1 Å². The van der Waals surface area contributed by atoms with Crippen LogP contribution in [0.25, 0.3) is 0 Å². The maximum absolute atomic E-state index is 13.1. The molecule has 1 N–H and O–H groups in total. The van der Waals surface area contributed by atoms with E-state index in [0.717, 1.165) is 15.7 Å². The zero-order valence-electron chi connectivity index (χ0n) is 9.81. The van der Waals surface area contributed by atoms with Crippen LogP contribution in [0.15, 0.2) is 45.3 Å². The molecule has 2 aromatic carbocycles. The van der Waals surface area contributed by atoms with Gasteiger partial charge in [0.05, 0.1) is 4.47 Å². The van der Waals surface area contributed by atoms with Crippen LogP contribution in [0.1, 0.15) is 11.1 Å². The molecule has 18 heavy (non-hydrogen) atoms. The lowest BCUT2D eigenvalue weighted by Gasteiger charge is -2.09. The van der Waals surface area contributed by atoms with Crippen molar-refractivity contribution in [3.8, 4) is 0 Å². The summed E-state index contributed by atoms with van der Waals surface area (Å²) in [5.74, 6) is -0.239. The predicted molar refractivity (Wildman–Crippen MR) is 80.3 cm³/mol. The number of hydrogen-bond donors (Lipinski definition) is 1. The van der Waals surface area contributed by atoms with Gasteiger partial charge in [0.1, 0.15) is 5.82 Å². The molecule has 94 valence electrons. The van der Waals surface area contributed by atoms with Crippen molar-refractivity contribution in [2.75, 3.05) is 5.32 Å². The van der Waals surface area contributed by atoms with Crippen molar-refractivity contribution in [2.45, 2.75) is 13.5 Å². The molecule has 0 saturated heterocycles. The fourth-order valence-electron chi connectivity index (χ4n) is 1.69. The first kappa shape index (κ1) is 13.6. The Bertz CT molecular complexity index is 549. The smallest absolute Gasteiger partial charge is 0.137 e. The van der Waals surface area contributed by atoms with Gasteiger partial charge in [0.2, 0.25) is 0 Å². The minimum absolute atomic E-state index is 0.239. The molecule has 0 unspecified atom stereocenters. The fourth-order valence-corrected chi connectivity index (χ4v) is 2.73. The standard InChI is InChI=1S/C14H12Br2FN/c1-9-4-11(15)7-12(5-9)18-8-10-2-3-14(17)13(16)6-10/h2-7,18H,8H2,1H3. The third-order valence-electron chi connectivity index (χ3n) is 2.52. The van der Waals surface area contributed by atoms with Gasteiger partial charge in [-0.1, -0.05) is 22.0 Å². The quantitative estimate of drug-likeness (QED) is 0.773. The molecule has 2 rings (SSSR count). The topological polar surface area (TPSA) is 12.0 Å². The Morgan fingerprint density at radius 3 is 2.56 bits per heavy atom. The summed E-state index contributed by atoms with van der Waals surface area (Å²) in [6.07, 6.45) is 0. The van der Waals surface area contributed by atoms with Gasteiger partial charge in [-0.2, -0.15) is 0 Å². The molecule has 0 atom stereocenters. The van der Waals surface area contributed by atoms with Gasteiger partial charge in [0.15, 0.2) is 0 Å². The van der Waals surface area contributed by atoms with Gasteiger partial charge in [-0.05, 0) is 64.3 Å². The highest BCUT2D eigenvalue weighted by Crippen LogP contribution is 2.21. The van der Waals surface area contributed by atoms with E-state index in [2.05, 4.69) is 49.3 Å². The number of anilines is 1. The van der Waals surface area contributed by atoms with Gasteiger partial charge < -0.3 is 5.32 Å². The number of rotatable bonds is 3. The Labute approximate surface area is 123 Å². The lowest BCUT2D eigenvalue weighted by atomic mass is 10.2. The first-order valence-electron chi connectivity index (χ1n) is 5.49. The molecule has 2 aromatic rings. The number of hydrogen-bond acceptors (Lipinski definition) is 1. The summed E-state index contributed by atoms with van der Waals surface area (Å²) in [7, 11) is 0. The van der Waals surface area contributed by atoms with Crippen molar-refractivity contribution in [3.63, 3.8) is 0 Å². The van der Waals surface area contributed by atoms with Crippen LogP contribution in [0, 0.1) is 12.7 Å². The average Bonchev–Trinajstić information content (AvgIpc) is 2.29. The van der Waals surface area contributed by atoms with Gasteiger partial charge >= 0.3 is 0 Å².